The van der Waals surface area contributed by atoms with Crippen molar-refractivity contribution in [2.75, 3.05) is 5.43 Å². The van der Waals surface area contributed by atoms with E-state index in [2.05, 4.69) is 20.7 Å². The molecule has 13 heavy (non-hydrogen) atoms. The van der Waals surface area contributed by atoms with Crippen LogP contribution in [0.4, 0.5) is 5.13 Å². The maximum atomic E-state index is 10.3. The monoisotopic (exact) mass is 218 g/mol. The van der Waals surface area contributed by atoms with E-state index in [1.54, 1.807) is 0 Å². The van der Waals surface area contributed by atoms with Gasteiger partial charge >= 0.3 is 5.97 Å². The molecule has 3 N–H and O–H groups in total. The molecule has 70 valence electrons. The number of carboxylic acid groups (broad SMARTS) is 1. The van der Waals surface area contributed by atoms with Crippen LogP contribution in [0.5, 0.6) is 0 Å². The van der Waals surface area contributed by atoms with E-state index in [-0.39, 0.29) is 5.71 Å². The van der Waals surface area contributed by atoms with Crippen molar-refractivity contribution in [3.8, 4) is 0 Å². The van der Waals surface area contributed by atoms with E-state index >= 15 is 0 Å². The average Bonchev–Trinajstić information content (AvgIpc) is 2.47. The Morgan fingerprint density at radius 2 is 2.54 bits per heavy atom. The highest BCUT2D eigenvalue weighted by atomic mass is 32.1. The van der Waals surface area contributed by atoms with Crippen LogP contribution >= 0.6 is 23.6 Å². The lowest BCUT2D eigenvalue weighted by molar-refractivity contribution is -0.129. The summed E-state index contributed by atoms with van der Waals surface area (Å²) < 4.78 is 0.505. The van der Waals surface area contributed by atoms with Crippen molar-refractivity contribution in [1.82, 2.24) is 10.2 Å². The van der Waals surface area contributed by atoms with Crippen LogP contribution in [-0.4, -0.2) is 27.0 Å². The minimum absolute atomic E-state index is 0.0406. The maximum absolute atomic E-state index is 10.3. The van der Waals surface area contributed by atoms with E-state index in [4.69, 9.17) is 17.3 Å². The fourth-order valence-electron chi connectivity index (χ4n) is 0.457. The predicted octanol–water partition coefficient (Wildman–Crippen LogP) is 1.07. The fraction of sp³-hybridized carbons (Fsp3) is 0.200. The summed E-state index contributed by atoms with van der Waals surface area (Å²) in [6.07, 6.45) is 0. The number of anilines is 1. The third kappa shape index (κ3) is 2.92. The minimum atomic E-state index is -1.08. The Balaban J connectivity index is 2.66. The molecule has 0 aliphatic rings. The van der Waals surface area contributed by atoms with Gasteiger partial charge in [-0.05, 0) is 19.1 Å². The zero-order valence-electron chi connectivity index (χ0n) is 6.57. The van der Waals surface area contributed by atoms with Gasteiger partial charge in [0.05, 0.1) is 0 Å². The van der Waals surface area contributed by atoms with Gasteiger partial charge in [0, 0.05) is 0 Å². The molecule has 0 unspecified atom stereocenters. The molecule has 1 aromatic rings. The van der Waals surface area contributed by atoms with Crippen LogP contribution in [0.2, 0.25) is 0 Å². The van der Waals surface area contributed by atoms with E-state index in [0.717, 1.165) is 0 Å². The molecule has 0 saturated heterocycles. The number of rotatable bonds is 3. The van der Waals surface area contributed by atoms with Crippen LogP contribution in [0.15, 0.2) is 5.10 Å². The highest BCUT2D eigenvalue weighted by Gasteiger charge is 2.01. The number of nitrogens with zero attached hydrogens (tertiary/aromatic N) is 2. The number of hydrogen-bond donors (Lipinski definition) is 3. The first-order valence-corrected chi connectivity index (χ1v) is 4.41. The van der Waals surface area contributed by atoms with Crippen molar-refractivity contribution in [2.24, 2.45) is 5.10 Å². The Kier molecular flexibility index (Phi) is 3.09. The number of carbonyl (C=O) groups is 1. The summed E-state index contributed by atoms with van der Waals surface area (Å²) in [4.78, 5) is 10.3. The molecule has 0 spiro atoms. The molecule has 1 aromatic heterocycles. The van der Waals surface area contributed by atoms with E-state index < -0.39 is 5.97 Å². The lowest BCUT2D eigenvalue weighted by Gasteiger charge is -1.93. The molecule has 0 atom stereocenters. The third-order valence-corrected chi connectivity index (χ3v) is 2.06. The highest BCUT2D eigenvalue weighted by Crippen LogP contribution is 2.10. The van der Waals surface area contributed by atoms with Gasteiger partial charge < -0.3 is 5.11 Å². The third-order valence-electron chi connectivity index (χ3n) is 1.07. The van der Waals surface area contributed by atoms with Gasteiger partial charge in [-0.15, -0.1) is 5.10 Å². The van der Waals surface area contributed by atoms with E-state index in [9.17, 15) is 4.79 Å². The first-order chi connectivity index (χ1) is 6.09. The van der Waals surface area contributed by atoms with Crippen LogP contribution in [0.3, 0.4) is 0 Å². The Morgan fingerprint density at radius 3 is 3.00 bits per heavy atom. The van der Waals surface area contributed by atoms with E-state index in [0.29, 0.717) is 9.09 Å². The second kappa shape index (κ2) is 4.10. The summed E-state index contributed by atoms with van der Waals surface area (Å²) >= 11 is 5.94. The predicted molar refractivity (Wildman–Crippen MR) is 51.7 cm³/mol. The summed E-state index contributed by atoms with van der Waals surface area (Å²) in [7, 11) is 0. The first-order valence-electron chi connectivity index (χ1n) is 3.18. The van der Waals surface area contributed by atoms with Crippen LogP contribution < -0.4 is 5.43 Å². The van der Waals surface area contributed by atoms with Gasteiger partial charge in [0.15, 0.2) is 3.95 Å². The molecule has 0 radical (unpaired) electrons. The Morgan fingerprint density at radius 1 is 1.85 bits per heavy atom. The summed E-state index contributed by atoms with van der Waals surface area (Å²) in [6.45, 7) is 1.38. The molecular weight excluding hydrogens is 212 g/mol. The molecule has 8 heteroatoms. The van der Waals surface area contributed by atoms with E-state index in [1.165, 1.54) is 18.3 Å². The number of carboxylic acids is 1. The maximum Gasteiger partial charge on any atom is 0.351 e. The van der Waals surface area contributed by atoms with Gasteiger partial charge in [-0.2, -0.15) is 5.10 Å². The van der Waals surface area contributed by atoms with Gasteiger partial charge in [0.1, 0.15) is 5.71 Å². The number of hydrogen-bond acceptors (Lipinski definition) is 6. The Bertz CT molecular complexity index is 393. The van der Waals surface area contributed by atoms with Gasteiger partial charge in [-0.1, -0.05) is 11.3 Å². The van der Waals surface area contributed by atoms with Gasteiger partial charge in [0.25, 0.3) is 0 Å². The quantitative estimate of drug-likeness (QED) is 0.401. The average molecular weight is 218 g/mol. The molecular formula is C5H6N4O2S2. The van der Waals surface area contributed by atoms with Crippen LogP contribution in [-0.2, 0) is 4.79 Å². The zero-order chi connectivity index (χ0) is 9.84. The first kappa shape index (κ1) is 9.81. The largest absolute Gasteiger partial charge is 0.477 e. The number of nitrogens with one attached hydrogen (secondary N) is 2. The molecule has 6 nitrogen and oxygen atoms in total. The van der Waals surface area contributed by atoms with Crippen molar-refractivity contribution < 1.29 is 9.90 Å². The Labute approximate surface area is 82.3 Å². The number of hydrazone groups is 1. The molecule has 1 rings (SSSR count). The number of aromatic amines is 1. The topological polar surface area (TPSA) is 90.4 Å². The van der Waals surface area contributed by atoms with Gasteiger partial charge in [0.2, 0.25) is 5.13 Å². The van der Waals surface area contributed by atoms with Crippen molar-refractivity contribution in [3.05, 3.63) is 3.95 Å². The molecule has 1 heterocycles. The summed E-state index contributed by atoms with van der Waals surface area (Å²) in [5, 5.41) is 18.7. The second-order valence-corrected chi connectivity index (χ2v) is 3.70. The lowest BCUT2D eigenvalue weighted by Crippen LogP contribution is -2.10. The number of H-pyrrole nitrogens is 1. The SMILES string of the molecule is C/C(=N\Nc1n[nH]c(=S)s1)C(=O)O. The molecule has 0 aliphatic heterocycles. The fourth-order valence-corrected chi connectivity index (χ4v) is 1.19. The molecule has 0 amide bonds. The molecule has 0 aromatic carbocycles. The minimum Gasteiger partial charge on any atom is -0.477 e. The molecule has 0 saturated carbocycles. The highest BCUT2D eigenvalue weighted by molar-refractivity contribution is 7.73. The summed E-state index contributed by atoms with van der Waals surface area (Å²) in [5.74, 6) is -1.08. The molecule has 0 bridgehead atoms. The second-order valence-electron chi connectivity index (χ2n) is 2.03. The van der Waals surface area contributed by atoms with Gasteiger partial charge in [-0.25, -0.2) is 4.79 Å². The van der Waals surface area contributed by atoms with Crippen LogP contribution in [0.25, 0.3) is 0 Å². The van der Waals surface area contributed by atoms with Crippen molar-refractivity contribution in [3.63, 3.8) is 0 Å². The van der Waals surface area contributed by atoms with Crippen LogP contribution in [0, 0.1) is 3.95 Å². The number of aromatic nitrogens is 2. The molecule has 0 aliphatic carbocycles. The Hall–Kier alpha value is -1.28. The lowest BCUT2D eigenvalue weighted by atomic mass is 10.4. The smallest absolute Gasteiger partial charge is 0.351 e. The van der Waals surface area contributed by atoms with E-state index in [1.807, 2.05) is 0 Å². The van der Waals surface area contributed by atoms with Crippen molar-refractivity contribution >= 4 is 40.4 Å². The summed E-state index contributed by atoms with van der Waals surface area (Å²) in [6, 6.07) is 0. The molecule has 0 fully saturated rings. The zero-order valence-corrected chi connectivity index (χ0v) is 8.20. The van der Waals surface area contributed by atoms with Gasteiger partial charge in [-0.3, -0.25) is 10.5 Å². The summed E-state index contributed by atoms with van der Waals surface area (Å²) in [5.41, 5.74) is 2.42. The van der Waals surface area contributed by atoms with Crippen molar-refractivity contribution in [1.29, 1.82) is 0 Å². The van der Waals surface area contributed by atoms with Crippen LogP contribution in [0.1, 0.15) is 6.92 Å². The standard InChI is InChI=1S/C5H6N4O2S2/c1-2(3(10)11)6-7-4-8-9-5(12)13-4/h1H3,(H,7,8)(H,9,12)(H,10,11)/b6-2+. The number of aliphatic carboxylic acids is 1. The van der Waals surface area contributed by atoms with Crippen molar-refractivity contribution in [2.45, 2.75) is 6.92 Å². The normalized spacial score (nSPS) is 11.3.